The van der Waals surface area contributed by atoms with Gasteiger partial charge in [0.25, 0.3) is 0 Å². The molecule has 0 aromatic heterocycles. The van der Waals surface area contributed by atoms with E-state index in [1.54, 1.807) is 0 Å². The Kier molecular flexibility index (Phi) is 5.78. The summed E-state index contributed by atoms with van der Waals surface area (Å²) in [5.41, 5.74) is 6.33. The van der Waals surface area contributed by atoms with E-state index in [1.165, 1.54) is 0 Å². The topological polar surface area (TPSA) is 90.7 Å². The average Bonchev–Trinajstić information content (AvgIpc) is 3.10. The minimum atomic E-state index is -0.241. The van der Waals surface area contributed by atoms with Crippen LogP contribution in [0.4, 0.5) is 5.69 Å². The standard InChI is InChI=1S/C17H24ClN5O2/c18-13-3-1-2-4-15(13)22-5-7-23(8-6-22)17(25)14-9-12(11-20-14)21-16(24)10-19/h1-4,12,14,20H,5-11,19H2,(H,21,24). The van der Waals surface area contributed by atoms with Gasteiger partial charge in [-0.25, -0.2) is 0 Å². The van der Waals surface area contributed by atoms with Crippen molar-refractivity contribution in [2.24, 2.45) is 5.73 Å². The highest BCUT2D eigenvalue weighted by Crippen LogP contribution is 2.26. The number of para-hydroxylation sites is 1. The SMILES string of the molecule is NCC(=O)NC1CNC(C(=O)N2CCN(c3ccccc3Cl)CC2)C1. The van der Waals surface area contributed by atoms with Gasteiger partial charge in [-0.1, -0.05) is 23.7 Å². The van der Waals surface area contributed by atoms with Gasteiger partial charge in [-0.3, -0.25) is 9.59 Å². The van der Waals surface area contributed by atoms with E-state index < -0.39 is 0 Å². The number of carbonyl (C=O) groups excluding carboxylic acids is 2. The molecule has 2 unspecified atom stereocenters. The molecule has 2 atom stereocenters. The Morgan fingerprint density at radius 2 is 1.96 bits per heavy atom. The fourth-order valence-electron chi connectivity index (χ4n) is 3.42. The van der Waals surface area contributed by atoms with E-state index >= 15 is 0 Å². The molecule has 7 nitrogen and oxygen atoms in total. The highest BCUT2D eigenvalue weighted by atomic mass is 35.5. The van der Waals surface area contributed by atoms with Gasteiger partial charge in [0.05, 0.1) is 23.3 Å². The van der Waals surface area contributed by atoms with Crippen LogP contribution in [-0.4, -0.2) is 68.1 Å². The van der Waals surface area contributed by atoms with Crippen LogP contribution in [0.1, 0.15) is 6.42 Å². The third-order valence-electron chi connectivity index (χ3n) is 4.76. The Morgan fingerprint density at radius 1 is 1.24 bits per heavy atom. The zero-order chi connectivity index (χ0) is 17.8. The molecule has 2 aliphatic rings. The summed E-state index contributed by atoms with van der Waals surface area (Å²) in [6.07, 6.45) is 0.606. The quantitative estimate of drug-likeness (QED) is 0.687. The third-order valence-corrected chi connectivity index (χ3v) is 5.08. The van der Waals surface area contributed by atoms with Crippen LogP contribution in [0, 0.1) is 0 Å². The van der Waals surface area contributed by atoms with Gasteiger partial charge in [-0.2, -0.15) is 0 Å². The third kappa shape index (κ3) is 4.23. The molecule has 2 fully saturated rings. The number of carbonyl (C=O) groups is 2. The number of benzene rings is 1. The fraction of sp³-hybridized carbons (Fsp3) is 0.529. The van der Waals surface area contributed by atoms with E-state index in [-0.39, 0.29) is 30.4 Å². The second kappa shape index (κ2) is 8.03. The molecular formula is C17H24ClN5O2. The molecule has 8 heteroatoms. The van der Waals surface area contributed by atoms with Crippen LogP contribution in [-0.2, 0) is 9.59 Å². The Hall–Kier alpha value is -1.83. The van der Waals surface area contributed by atoms with Gasteiger partial charge in [0, 0.05) is 38.8 Å². The van der Waals surface area contributed by atoms with Gasteiger partial charge >= 0.3 is 0 Å². The average molecular weight is 366 g/mol. The summed E-state index contributed by atoms with van der Waals surface area (Å²) in [7, 11) is 0. The zero-order valence-corrected chi connectivity index (χ0v) is 14.8. The van der Waals surface area contributed by atoms with Crippen molar-refractivity contribution in [2.75, 3.05) is 44.2 Å². The van der Waals surface area contributed by atoms with Crippen LogP contribution in [0.15, 0.2) is 24.3 Å². The number of hydrogen-bond acceptors (Lipinski definition) is 5. The summed E-state index contributed by atoms with van der Waals surface area (Å²) >= 11 is 6.25. The molecule has 2 saturated heterocycles. The van der Waals surface area contributed by atoms with Gasteiger partial charge in [0.2, 0.25) is 11.8 Å². The molecule has 2 aliphatic heterocycles. The van der Waals surface area contributed by atoms with Gasteiger partial charge in [0.15, 0.2) is 0 Å². The number of piperazine rings is 1. The maximum Gasteiger partial charge on any atom is 0.239 e. The van der Waals surface area contributed by atoms with Gasteiger partial charge < -0.3 is 26.2 Å². The Morgan fingerprint density at radius 3 is 2.64 bits per heavy atom. The van der Waals surface area contributed by atoms with Gasteiger partial charge in [-0.05, 0) is 18.6 Å². The van der Waals surface area contributed by atoms with Crippen molar-refractivity contribution in [3.8, 4) is 0 Å². The van der Waals surface area contributed by atoms with Crippen molar-refractivity contribution < 1.29 is 9.59 Å². The summed E-state index contributed by atoms with van der Waals surface area (Å²) in [5, 5.41) is 6.77. The van der Waals surface area contributed by atoms with Crippen molar-refractivity contribution in [3.63, 3.8) is 0 Å². The summed E-state index contributed by atoms with van der Waals surface area (Å²) in [6, 6.07) is 7.49. The fourth-order valence-corrected chi connectivity index (χ4v) is 3.67. The number of amides is 2. The van der Waals surface area contributed by atoms with Crippen LogP contribution in [0.2, 0.25) is 5.02 Å². The minimum Gasteiger partial charge on any atom is -0.367 e. The number of nitrogens with one attached hydrogen (secondary N) is 2. The molecule has 1 aromatic rings. The van der Waals surface area contributed by atoms with E-state index in [0.717, 1.165) is 23.8 Å². The molecule has 0 saturated carbocycles. The lowest BCUT2D eigenvalue weighted by Gasteiger charge is -2.37. The maximum atomic E-state index is 12.7. The Bertz CT molecular complexity index is 633. The number of rotatable bonds is 4. The van der Waals surface area contributed by atoms with Crippen molar-refractivity contribution >= 4 is 29.1 Å². The molecular weight excluding hydrogens is 342 g/mol. The number of halogens is 1. The molecule has 25 heavy (non-hydrogen) atoms. The molecule has 136 valence electrons. The Labute approximate surface area is 152 Å². The first kappa shape index (κ1) is 18.0. The van der Waals surface area contributed by atoms with Crippen molar-refractivity contribution in [2.45, 2.75) is 18.5 Å². The normalized spacial score (nSPS) is 23.6. The first-order valence-corrected chi connectivity index (χ1v) is 8.97. The van der Waals surface area contributed by atoms with E-state index in [4.69, 9.17) is 17.3 Å². The summed E-state index contributed by atoms with van der Waals surface area (Å²) in [6.45, 7) is 3.43. The van der Waals surface area contributed by atoms with Gasteiger partial charge in [-0.15, -0.1) is 0 Å². The van der Waals surface area contributed by atoms with Crippen LogP contribution in [0.25, 0.3) is 0 Å². The predicted octanol–water partition coefficient (Wildman–Crippen LogP) is -0.206. The maximum absolute atomic E-state index is 12.7. The predicted molar refractivity (Wildman–Crippen MR) is 97.6 cm³/mol. The number of hydrogen-bond donors (Lipinski definition) is 3. The lowest BCUT2D eigenvalue weighted by molar-refractivity contribution is -0.133. The van der Waals surface area contributed by atoms with E-state index in [9.17, 15) is 9.59 Å². The first-order valence-electron chi connectivity index (χ1n) is 8.59. The molecule has 3 rings (SSSR count). The van der Waals surface area contributed by atoms with E-state index in [2.05, 4.69) is 15.5 Å². The Balaban J connectivity index is 1.51. The van der Waals surface area contributed by atoms with Gasteiger partial charge in [0.1, 0.15) is 0 Å². The second-order valence-corrected chi connectivity index (χ2v) is 6.84. The largest absolute Gasteiger partial charge is 0.367 e. The van der Waals surface area contributed by atoms with E-state index in [1.807, 2.05) is 29.2 Å². The van der Waals surface area contributed by atoms with Crippen molar-refractivity contribution in [1.29, 1.82) is 0 Å². The molecule has 0 radical (unpaired) electrons. The molecule has 0 bridgehead atoms. The smallest absolute Gasteiger partial charge is 0.239 e. The number of anilines is 1. The van der Waals surface area contributed by atoms with Crippen molar-refractivity contribution in [3.05, 3.63) is 29.3 Å². The molecule has 2 amide bonds. The van der Waals surface area contributed by atoms with Crippen LogP contribution in [0.5, 0.6) is 0 Å². The van der Waals surface area contributed by atoms with Crippen LogP contribution >= 0.6 is 11.6 Å². The van der Waals surface area contributed by atoms with Crippen LogP contribution < -0.4 is 21.3 Å². The number of nitrogens with two attached hydrogens (primary N) is 1. The zero-order valence-electron chi connectivity index (χ0n) is 14.1. The summed E-state index contributed by atoms with van der Waals surface area (Å²) < 4.78 is 0. The number of nitrogens with zero attached hydrogens (tertiary/aromatic N) is 2. The highest BCUT2D eigenvalue weighted by molar-refractivity contribution is 6.33. The summed E-state index contributed by atoms with van der Waals surface area (Å²) in [5.74, 6) is -0.0865. The summed E-state index contributed by atoms with van der Waals surface area (Å²) in [4.78, 5) is 28.2. The molecule has 2 heterocycles. The monoisotopic (exact) mass is 365 g/mol. The lowest BCUT2D eigenvalue weighted by Crippen LogP contribution is -2.53. The minimum absolute atomic E-state index is 0.0287. The molecule has 4 N–H and O–H groups in total. The van der Waals surface area contributed by atoms with Crippen LogP contribution in [0.3, 0.4) is 0 Å². The molecule has 1 aromatic carbocycles. The highest BCUT2D eigenvalue weighted by Gasteiger charge is 2.34. The molecule has 0 spiro atoms. The molecule has 0 aliphatic carbocycles. The first-order chi connectivity index (χ1) is 12.1. The van der Waals surface area contributed by atoms with E-state index in [0.29, 0.717) is 26.1 Å². The van der Waals surface area contributed by atoms with Crippen molar-refractivity contribution in [1.82, 2.24) is 15.5 Å². The lowest BCUT2D eigenvalue weighted by atomic mass is 10.1. The second-order valence-electron chi connectivity index (χ2n) is 6.43.